The Morgan fingerprint density at radius 2 is 1.69 bits per heavy atom. The number of hydrogen-bond donors (Lipinski definition) is 1. The zero-order valence-electron chi connectivity index (χ0n) is 9.98. The van der Waals surface area contributed by atoms with E-state index in [0.29, 0.717) is 12.0 Å². The number of ether oxygens (including phenoxy) is 1. The quantitative estimate of drug-likeness (QED) is 0.714. The van der Waals surface area contributed by atoms with Crippen molar-refractivity contribution in [3.8, 4) is 0 Å². The van der Waals surface area contributed by atoms with Gasteiger partial charge in [-0.25, -0.2) is 0 Å². The summed E-state index contributed by atoms with van der Waals surface area (Å²) in [6.45, 7) is 14.7. The van der Waals surface area contributed by atoms with Crippen molar-refractivity contribution in [2.75, 3.05) is 13.2 Å². The summed E-state index contributed by atoms with van der Waals surface area (Å²) in [4.78, 5) is 0. The van der Waals surface area contributed by atoms with Gasteiger partial charge in [0, 0.05) is 18.7 Å². The van der Waals surface area contributed by atoms with Crippen molar-refractivity contribution >= 4 is 0 Å². The molecule has 1 unspecified atom stereocenters. The molecule has 0 aromatic carbocycles. The molecule has 0 saturated heterocycles. The Labute approximate surface area is 83.1 Å². The van der Waals surface area contributed by atoms with Gasteiger partial charge in [0.25, 0.3) is 0 Å². The van der Waals surface area contributed by atoms with Crippen LogP contribution in [0.5, 0.6) is 0 Å². The van der Waals surface area contributed by atoms with Crippen molar-refractivity contribution in [2.45, 2.75) is 53.2 Å². The SMILES string of the molecule is CC(C)COC(C)CNC(C)(C)C. The van der Waals surface area contributed by atoms with Gasteiger partial charge in [-0.1, -0.05) is 13.8 Å². The first kappa shape index (κ1) is 12.9. The Balaban J connectivity index is 3.46. The molecule has 0 amide bonds. The van der Waals surface area contributed by atoms with Crippen molar-refractivity contribution < 1.29 is 4.74 Å². The largest absolute Gasteiger partial charge is 0.377 e. The van der Waals surface area contributed by atoms with Gasteiger partial charge in [-0.2, -0.15) is 0 Å². The Morgan fingerprint density at radius 3 is 2.08 bits per heavy atom. The van der Waals surface area contributed by atoms with Gasteiger partial charge < -0.3 is 10.1 Å². The zero-order valence-corrected chi connectivity index (χ0v) is 9.98. The minimum atomic E-state index is 0.190. The standard InChI is InChI=1S/C11H25NO/c1-9(2)8-13-10(3)7-12-11(4,5)6/h9-10,12H,7-8H2,1-6H3. The molecule has 0 aromatic rings. The lowest BCUT2D eigenvalue weighted by Gasteiger charge is -2.24. The van der Waals surface area contributed by atoms with Gasteiger partial charge in [-0.05, 0) is 33.6 Å². The van der Waals surface area contributed by atoms with Gasteiger partial charge >= 0.3 is 0 Å². The summed E-state index contributed by atoms with van der Waals surface area (Å²) in [5.74, 6) is 0.622. The van der Waals surface area contributed by atoms with Crippen LogP contribution in [-0.4, -0.2) is 24.8 Å². The molecule has 0 radical (unpaired) electrons. The molecule has 0 saturated carbocycles. The lowest BCUT2D eigenvalue weighted by atomic mass is 10.1. The fraction of sp³-hybridized carbons (Fsp3) is 1.00. The van der Waals surface area contributed by atoms with Gasteiger partial charge in [0.1, 0.15) is 0 Å². The highest BCUT2D eigenvalue weighted by Crippen LogP contribution is 2.01. The van der Waals surface area contributed by atoms with E-state index in [2.05, 4.69) is 46.9 Å². The molecule has 0 bridgehead atoms. The van der Waals surface area contributed by atoms with E-state index in [-0.39, 0.29) is 5.54 Å². The van der Waals surface area contributed by atoms with Crippen LogP contribution in [0.4, 0.5) is 0 Å². The molecule has 0 rings (SSSR count). The number of hydrogen-bond acceptors (Lipinski definition) is 2. The summed E-state index contributed by atoms with van der Waals surface area (Å²) in [6.07, 6.45) is 0.307. The van der Waals surface area contributed by atoms with Crippen molar-refractivity contribution in [2.24, 2.45) is 5.92 Å². The normalized spacial score (nSPS) is 15.0. The van der Waals surface area contributed by atoms with Gasteiger partial charge in [0.05, 0.1) is 6.10 Å². The van der Waals surface area contributed by atoms with Gasteiger partial charge in [-0.15, -0.1) is 0 Å². The summed E-state index contributed by atoms with van der Waals surface area (Å²) in [5, 5.41) is 3.42. The summed E-state index contributed by atoms with van der Waals surface area (Å²) >= 11 is 0. The van der Waals surface area contributed by atoms with Crippen LogP contribution < -0.4 is 5.32 Å². The molecule has 0 heterocycles. The first-order chi connectivity index (χ1) is 5.81. The monoisotopic (exact) mass is 187 g/mol. The van der Waals surface area contributed by atoms with Gasteiger partial charge in [-0.3, -0.25) is 0 Å². The highest BCUT2D eigenvalue weighted by molar-refractivity contribution is 4.71. The first-order valence-corrected chi connectivity index (χ1v) is 5.18. The van der Waals surface area contributed by atoms with E-state index >= 15 is 0 Å². The molecule has 0 aliphatic rings. The Morgan fingerprint density at radius 1 is 1.15 bits per heavy atom. The summed E-state index contributed by atoms with van der Waals surface area (Å²) in [6, 6.07) is 0. The second kappa shape index (κ2) is 5.61. The topological polar surface area (TPSA) is 21.3 Å². The van der Waals surface area contributed by atoms with E-state index in [1.54, 1.807) is 0 Å². The molecular weight excluding hydrogens is 162 g/mol. The maximum atomic E-state index is 5.64. The maximum Gasteiger partial charge on any atom is 0.0671 e. The molecule has 1 atom stereocenters. The van der Waals surface area contributed by atoms with Crippen molar-refractivity contribution in [1.29, 1.82) is 0 Å². The lowest BCUT2D eigenvalue weighted by Crippen LogP contribution is -2.41. The molecule has 0 fully saturated rings. The molecule has 1 N–H and O–H groups in total. The third-order valence-electron chi connectivity index (χ3n) is 1.63. The molecule has 0 aliphatic heterocycles. The number of rotatable bonds is 5. The molecule has 2 heteroatoms. The first-order valence-electron chi connectivity index (χ1n) is 5.18. The third kappa shape index (κ3) is 9.84. The van der Waals surface area contributed by atoms with Crippen LogP contribution >= 0.6 is 0 Å². The third-order valence-corrected chi connectivity index (χ3v) is 1.63. The molecule has 2 nitrogen and oxygen atoms in total. The highest BCUT2D eigenvalue weighted by Gasteiger charge is 2.11. The minimum absolute atomic E-state index is 0.190. The summed E-state index contributed by atoms with van der Waals surface area (Å²) < 4.78 is 5.64. The van der Waals surface area contributed by atoms with Gasteiger partial charge in [0.2, 0.25) is 0 Å². The summed E-state index contributed by atoms with van der Waals surface area (Å²) in [7, 11) is 0. The molecular formula is C11H25NO. The minimum Gasteiger partial charge on any atom is -0.377 e. The van der Waals surface area contributed by atoms with Crippen molar-refractivity contribution in [3.05, 3.63) is 0 Å². The zero-order chi connectivity index (χ0) is 10.5. The smallest absolute Gasteiger partial charge is 0.0671 e. The van der Waals surface area contributed by atoms with E-state index in [4.69, 9.17) is 4.74 Å². The van der Waals surface area contributed by atoms with Crippen LogP contribution in [0.2, 0.25) is 0 Å². The maximum absolute atomic E-state index is 5.64. The molecule has 0 aromatic heterocycles. The van der Waals surface area contributed by atoms with Crippen LogP contribution in [0, 0.1) is 5.92 Å². The Bertz CT molecular complexity index is 127. The van der Waals surface area contributed by atoms with Crippen LogP contribution in [0.25, 0.3) is 0 Å². The van der Waals surface area contributed by atoms with Crippen LogP contribution in [0.15, 0.2) is 0 Å². The fourth-order valence-electron chi connectivity index (χ4n) is 0.866. The fourth-order valence-corrected chi connectivity index (χ4v) is 0.866. The Kier molecular flexibility index (Phi) is 5.57. The van der Waals surface area contributed by atoms with E-state index in [9.17, 15) is 0 Å². The molecule has 0 spiro atoms. The van der Waals surface area contributed by atoms with Crippen molar-refractivity contribution in [3.63, 3.8) is 0 Å². The molecule has 80 valence electrons. The van der Waals surface area contributed by atoms with Gasteiger partial charge in [0.15, 0.2) is 0 Å². The average molecular weight is 187 g/mol. The molecule has 0 aliphatic carbocycles. The lowest BCUT2D eigenvalue weighted by molar-refractivity contribution is 0.0441. The van der Waals surface area contributed by atoms with E-state index in [0.717, 1.165) is 13.2 Å². The van der Waals surface area contributed by atoms with E-state index in [1.165, 1.54) is 0 Å². The van der Waals surface area contributed by atoms with E-state index < -0.39 is 0 Å². The predicted octanol–water partition coefficient (Wildman–Crippen LogP) is 2.44. The van der Waals surface area contributed by atoms with Crippen LogP contribution in [0.1, 0.15) is 41.5 Å². The number of nitrogens with one attached hydrogen (secondary N) is 1. The Hall–Kier alpha value is -0.0800. The predicted molar refractivity (Wildman–Crippen MR) is 58.0 cm³/mol. The van der Waals surface area contributed by atoms with Crippen molar-refractivity contribution in [1.82, 2.24) is 5.32 Å². The highest BCUT2D eigenvalue weighted by atomic mass is 16.5. The van der Waals surface area contributed by atoms with Crippen LogP contribution in [0.3, 0.4) is 0 Å². The average Bonchev–Trinajstić information content (AvgIpc) is 1.95. The molecule has 13 heavy (non-hydrogen) atoms. The second-order valence-electron chi connectivity index (χ2n) is 5.17. The summed E-state index contributed by atoms with van der Waals surface area (Å²) in [5.41, 5.74) is 0.190. The second-order valence-corrected chi connectivity index (χ2v) is 5.17. The van der Waals surface area contributed by atoms with Crippen LogP contribution in [-0.2, 0) is 4.74 Å². The van der Waals surface area contributed by atoms with E-state index in [1.807, 2.05) is 0 Å².